The molecule has 10 unspecified atom stereocenters. The Morgan fingerprint density at radius 1 is 1.14 bits per heavy atom. The lowest BCUT2D eigenvalue weighted by molar-refractivity contribution is -0.242. The first kappa shape index (κ1) is 19.3. The zero-order chi connectivity index (χ0) is 20.1. The van der Waals surface area contributed by atoms with Crippen molar-refractivity contribution in [2.24, 2.45) is 34.0 Å². The largest absolute Gasteiger partial charge is 0.465 e. The molecule has 5 fully saturated rings. The molecule has 6 heteroatoms. The lowest BCUT2D eigenvalue weighted by Gasteiger charge is -2.66. The topological polar surface area (TPSA) is 99.5 Å². The van der Waals surface area contributed by atoms with Crippen molar-refractivity contribution in [1.29, 1.82) is 0 Å². The van der Waals surface area contributed by atoms with Gasteiger partial charge in [0.05, 0.1) is 31.5 Å². The molecule has 0 radical (unpaired) electrons. The highest BCUT2D eigenvalue weighted by Crippen LogP contribution is 2.77. The van der Waals surface area contributed by atoms with Crippen LogP contribution in [-0.4, -0.2) is 58.4 Å². The van der Waals surface area contributed by atoms with Crippen LogP contribution in [0.1, 0.15) is 59.3 Å². The molecule has 2 bridgehead atoms. The van der Waals surface area contributed by atoms with E-state index in [-0.39, 0.29) is 42.0 Å². The minimum atomic E-state index is -0.560. The fourth-order valence-electron chi connectivity index (χ4n) is 8.60. The Bertz CT molecular complexity index is 697. The maximum atomic E-state index is 11.5. The van der Waals surface area contributed by atoms with Gasteiger partial charge in [0.1, 0.15) is 5.60 Å². The van der Waals surface area contributed by atoms with E-state index >= 15 is 0 Å². The average molecular weight is 395 g/mol. The molecule has 1 aliphatic heterocycles. The van der Waals surface area contributed by atoms with Crippen molar-refractivity contribution in [3.05, 3.63) is 0 Å². The third kappa shape index (κ3) is 2.06. The van der Waals surface area contributed by atoms with E-state index in [9.17, 15) is 20.1 Å². The first-order valence-corrected chi connectivity index (χ1v) is 10.9. The summed E-state index contributed by atoms with van der Waals surface area (Å²) in [5.41, 5.74) is -1.30. The normalized spacial score (nSPS) is 59.1. The maximum absolute atomic E-state index is 11.5. The first-order chi connectivity index (χ1) is 13.1. The van der Waals surface area contributed by atoms with Gasteiger partial charge in [0.25, 0.3) is 0 Å². The van der Waals surface area contributed by atoms with E-state index in [2.05, 4.69) is 6.92 Å². The smallest absolute Gasteiger partial charge is 0.302 e. The molecule has 0 amide bonds. The zero-order valence-corrected chi connectivity index (χ0v) is 17.2. The molecule has 28 heavy (non-hydrogen) atoms. The fraction of sp³-hybridized carbons (Fsp3) is 0.955. The minimum absolute atomic E-state index is 0.0400. The van der Waals surface area contributed by atoms with Gasteiger partial charge in [-0.1, -0.05) is 13.8 Å². The number of epoxide rings is 1. The fourth-order valence-corrected chi connectivity index (χ4v) is 8.60. The molecule has 3 N–H and O–H groups in total. The number of aliphatic hydroxyl groups is 3. The number of esters is 1. The molecule has 1 saturated heterocycles. The summed E-state index contributed by atoms with van der Waals surface area (Å²) < 4.78 is 11.5. The van der Waals surface area contributed by atoms with Crippen molar-refractivity contribution in [3.8, 4) is 0 Å². The predicted molar refractivity (Wildman–Crippen MR) is 100 cm³/mol. The quantitative estimate of drug-likeness (QED) is 0.497. The third-order valence-electron chi connectivity index (χ3n) is 9.97. The van der Waals surface area contributed by atoms with Crippen LogP contribution in [-0.2, 0) is 14.3 Å². The van der Waals surface area contributed by atoms with Crippen LogP contribution in [0.2, 0.25) is 0 Å². The SMILES string of the molecule is CC(=O)OCC1(C)C(O)CCC2(C)C1CC(O)C13CC(CCC21)C1(CO)OC13. The summed E-state index contributed by atoms with van der Waals surface area (Å²) >= 11 is 0. The van der Waals surface area contributed by atoms with E-state index in [1.165, 1.54) is 6.92 Å². The van der Waals surface area contributed by atoms with Gasteiger partial charge in [0, 0.05) is 17.8 Å². The van der Waals surface area contributed by atoms with Crippen LogP contribution in [0.5, 0.6) is 0 Å². The third-order valence-corrected chi connectivity index (χ3v) is 9.97. The number of fused-ring (bicyclic) bond motifs is 5. The van der Waals surface area contributed by atoms with Gasteiger partial charge >= 0.3 is 5.97 Å². The van der Waals surface area contributed by atoms with Crippen LogP contribution in [0.3, 0.4) is 0 Å². The van der Waals surface area contributed by atoms with E-state index < -0.39 is 23.2 Å². The van der Waals surface area contributed by atoms with E-state index in [0.29, 0.717) is 24.7 Å². The summed E-state index contributed by atoms with van der Waals surface area (Å²) in [4.78, 5) is 11.5. The lowest BCUT2D eigenvalue weighted by Crippen LogP contribution is -2.66. The van der Waals surface area contributed by atoms with Crippen molar-refractivity contribution in [1.82, 2.24) is 0 Å². The van der Waals surface area contributed by atoms with Gasteiger partial charge in [-0.2, -0.15) is 0 Å². The molecule has 0 aromatic heterocycles. The van der Waals surface area contributed by atoms with Gasteiger partial charge in [-0.05, 0) is 61.7 Å². The number of aliphatic hydroxyl groups excluding tert-OH is 3. The summed E-state index contributed by atoms with van der Waals surface area (Å²) in [6.45, 7) is 6.00. The molecule has 4 saturated carbocycles. The van der Waals surface area contributed by atoms with Crippen LogP contribution in [0, 0.1) is 34.0 Å². The number of carbonyl (C=O) groups is 1. The molecular formula is C22H34O6. The zero-order valence-electron chi connectivity index (χ0n) is 17.2. The predicted octanol–water partition coefficient (Wildman–Crippen LogP) is 1.64. The molecule has 4 aliphatic carbocycles. The molecule has 10 atom stereocenters. The van der Waals surface area contributed by atoms with Crippen molar-refractivity contribution in [2.75, 3.05) is 13.2 Å². The van der Waals surface area contributed by atoms with Crippen LogP contribution in [0.25, 0.3) is 0 Å². The summed E-state index contributed by atoms with van der Waals surface area (Å²) in [7, 11) is 0. The summed E-state index contributed by atoms with van der Waals surface area (Å²) in [6, 6.07) is 0. The molecular weight excluding hydrogens is 360 g/mol. The monoisotopic (exact) mass is 394 g/mol. The number of hydrogen-bond donors (Lipinski definition) is 3. The Labute approximate surface area is 166 Å². The molecule has 5 rings (SSSR count). The van der Waals surface area contributed by atoms with Crippen molar-refractivity contribution >= 4 is 5.97 Å². The molecule has 0 aromatic rings. The first-order valence-electron chi connectivity index (χ1n) is 10.9. The molecule has 158 valence electrons. The number of hydrogen-bond acceptors (Lipinski definition) is 6. The van der Waals surface area contributed by atoms with Crippen LogP contribution in [0.15, 0.2) is 0 Å². The number of rotatable bonds is 3. The highest BCUT2D eigenvalue weighted by atomic mass is 16.6. The van der Waals surface area contributed by atoms with Gasteiger partial charge in [0.15, 0.2) is 0 Å². The van der Waals surface area contributed by atoms with Gasteiger partial charge in [0.2, 0.25) is 0 Å². The van der Waals surface area contributed by atoms with Crippen molar-refractivity contribution in [2.45, 2.75) is 83.2 Å². The van der Waals surface area contributed by atoms with Crippen LogP contribution in [0.4, 0.5) is 0 Å². The molecule has 0 aromatic carbocycles. The second-order valence-corrected chi connectivity index (χ2v) is 10.9. The Hall–Kier alpha value is -0.690. The van der Waals surface area contributed by atoms with E-state index in [4.69, 9.17) is 9.47 Å². The number of carbonyl (C=O) groups excluding carboxylic acids is 1. The molecule has 1 spiro atoms. The average Bonchev–Trinajstić information content (AvgIpc) is 3.38. The molecule has 1 heterocycles. The summed E-state index contributed by atoms with van der Waals surface area (Å²) in [5.74, 6) is 0.391. The molecule has 6 nitrogen and oxygen atoms in total. The molecule has 5 aliphatic rings. The van der Waals surface area contributed by atoms with Gasteiger partial charge in [-0.15, -0.1) is 0 Å². The van der Waals surface area contributed by atoms with E-state index in [1.807, 2.05) is 6.92 Å². The Morgan fingerprint density at radius 2 is 1.89 bits per heavy atom. The maximum Gasteiger partial charge on any atom is 0.302 e. The number of ether oxygens (including phenoxy) is 2. The Kier molecular flexibility index (Phi) is 3.94. The van der Waals surface area contributed by atoms with Crippen LogP contribution >= 0.6 is 0 Å². The highest BCUT2D eigenvalue weighted by Gasteiger charge is 2.82. The Balaban J connectivity index is 1.53. The van der Waals surface area contributed by atoms with Gasteiger partial charge < -0.3 is 24.8 Å². The van der Waals surface area contributed by atoms with Gasteiger partial charge in [-0.3, -0.25) is 4.79 Å². The summed E-state index contributed by atoms with van der Waals surface area (Å²) in [5, 5.41) is 32.4. The Morgan fingerprint density at radius 3 is 2.57 bits per heavy atom. The second-order valence-electron chi connectivity index (χ2n) is 10.9. The standard InChI is InChI=1S/C22H34O6/c1-12(24)27-11-20(3)15-8-17(26)21-9-13(22(10-23)18(21)28-22)4-5-14(21)19(15,2)7-6-16(20)25/h13-18,23,25-26H,4-11H2,1-3H3. The van der Waals surface area contributed by atoms with E-state index in [0.717, 1.165) is 25.7 Å². The second kappa shape index (κ2) is 5.71. The van der Waals surface area contributed by atoms with Crippen LogP contribution < -0.4 is 0 Å². The minimum Gasteiger partial charge on any atom is -0.465 e. The van der Waals surface area contributed by atoms with Gasteiger partial charge in [-0.25, -0.2) is 0 Å². The van der Waals surface area contributed by atoms with Crippen molar-refractivity contribution in [3.63, 3.8) is 0 Å². The van der Waals surface area contributed by atoms with Crippen molar-refractivity contribution < 1.29 is 29.6 Å². The van der Waals surface area contributed by atoms with E-state index in [1.54, 1.807) is 0 Å². The lowest BCUT2D eigenvalue weighted by atomic mass is 9.39. The summed E-state index contributed by atoms with van der Waals surface area (Å²) in [6.07, 6.45) is 4.11. The highest BCUT2D eigenvalue weighted by molar-refractivity contribution is 5.65.